The Labute approximate surface area is 120 Å². The van der Waals surface area contributed by atoms with Gasteiger partial charge in [-0.1, -0.05) is 18.2 Å². The van der Waals surface area contributed by atoms with Crippen LogP contribution in [0.2, 0.25) is 0 Å². The number of hydrogen-bond acceptors (Lipinski definition) is 5. The van der Waals surface area contributed by atoms with Gasteiger partial charge in [-0.2, -0.15) is 5.10 Å². The number of nitrogen functional groups attached to an aromatic ring is 1. The van der Waals surface area contributed by atoms with Crippen LogP contribution in [0, 0.1) is 5.82 Å². The zero-order valence-electron chi connectivity index (χ0n) is 11.4. The number of ether oxygens (including phenoxy) is 1. The van der Waals surface area contributed by atoms with Gasteiger partial charge >= 0.3 is 5.97 Å². The highest BCUT2D eigenvalue weighted by Gasteiger charge is 2.22. The van der Waals surface area contributed by atoms with E-state index >= 15 is 0 Å². The van der Waals surface area contributed by atoms with Gasteiger partial charge in [0.15, 0.2) is 12.0 Å². The van der Waals surface area contributed by atoms with Crippen LogP contribution in [-0.4, -0.2) is 28.6 Å². The number of aldehydes is 1. The van der Waals surface area contributed by atoms with Crippen LogP contribution in [0.15, 0.2) is 24.3 Å². The normalized spacial score (nSPS) is 10.4. The summed E-state index contributed by atoms with van der Waals surface area (Å²) >= 11 is 0. The minimum atomic E-state index is -0.737. The van der Waals surface area contributed by atoms with E-state index in [4.69, 9.17) is 10.5 Å². The molecule has 0 unspecified atom stereocenters. The van der Waals surface area contributed by atoms with E-state index in [-0.39, 0.29) is 30.2 Å². The molecule has 2 rings (SSSR count). The van der Waals surface area contributed by atoms with Gasteiger partial charge in [-0.3, -0.25) is 4.79 Å². The van der Waals surface area contributed by atoms with Gasteiger partial charge in [0.2, 0.25) is 0 Å². The van der Waals surface area contributed by atoms with Crippen molar-refractivity contribution in [2.45, 2.75) is 13.5 Å². The average molecular weight is 291 g/mol. The van der Waals surface area contributed by atoms with Crippen molar-refractivity contribution < 1.29 is 18.7 Å². The molecule has 7 heteroatoms. The Bertz CT molecular complexity index is 682. The number of esters is 1. The number of nitrogens with zero attached hydrogens (tertiary/aromatic N) is 2. The molecular formula is C14H14FN3O3. The molecule has 2 aromatic rings. The van der Waals surface area contributed by atoms with E-state index in [0.29, 0.717) is 11.8 Å². The lowest BCUT2D eigenvalue weighted by molar-refractivity contribution is 0.0516. The quantitative estimate of drug-likeness (QED) is 0.668. The van der Waals surface area contributed by atoms with Gasteiger partial charge in [-0.25, -0.2) is 13.9 Å². The van der Waals surface area contributed by atoms with Crippen LogP contribution in [0.3, 0.4) is 0 Å². The van der Waals surface area contributed by atoms with Gasteiger partial charge in [0.05, 0.1) is 18.7 Å². The van der Waals surface area contributed by atoms with Crippen LogP contribution >= 0.6 is 0 Å². The summed E-state index contributed by atoms with van der Waals surface area (Å²) in [6, 6.07) is 6.11. The third kappa shape index (κ3) is 2.91. The monoisotopic (exact) mass is 291 g/mol. The van der Waals surface area contributed by atoms with Crippen LogP contribution in [0.1, 0.15) is 33.3 Å². The highest BCUT2D eigenvalue weighted by molar-refractivity contribution is 5.99. The molecule has 0 aliphatic carbocycles. The van der Waals surface area contributed by atoms with Crippen LogP contribution < -0.4 is 5.73 Å². The predicted molar refractivity (Wildman–Crippen MR) is 73.5 cm³/mol. The Balaban J connectivity index is 2.39. The summed E-state index contributed by atoms with van der Waals surface area (Å²) < 4.78 is 19.6. The van der Waals surface area contributed by atoms with E-state index in [9.17, 15) is 14.0 Å². The summed E-state index contributed by atoms with van der Waals surface area (Å²) in [5.74, 6) is -1.16. The van der Waals surface area contributed by atoms with Crippen LogP contribution in [0.4, 0.5) is 10.2 Å². The molecule has 21 heavy (non-hydrogen) atoms. The smallest absolute Gasteiger partial charge is 0.359 e. The Kier molecular flexibility index (Phi) is 4.32. The maximum Gasteiger partial charge on any atom is 0.359 e. The summed E-state index contributed by atoms with van der Waals surface area (Å²) in [4.78, 5) is 22.8. The molecule has 0 amide bonds. The van der Waals surface area contributed by atoms with Crippen molar-refractivity contribution in [1.82, 2.24) is 9.78 Å². The minimum Gasteiger partial charge on any atom is -0.461 e. The zero-order chi connectivity index (χ0) is 15.4. The molecule has 0 fully saturated rings. The number of rotatable bonds is 5. The minimum absolute atomic E-state index is 0.00342. The number of halogens is 1. The lowest BCUT2D eigenvalue weighted by Gasteiger charge is -2.05. The SMILES string of the molecule is CCOC(=O)c1nn(Cc2ccccc2F)c(N)c1C=O. The molecule has 0 saturated carbocycles. The molecule has 0 spiro atoms. The van der Waals surface area contributed by atoms with Crippen molar-refractivity contribution in [3.63, 3.8) is 0 Å². The topological polar surface area (TPSA) is 87.2 Å². The molecule has 1 heterocycles. The number of anilines is 1. The van der Waals surface area contributed by atoms with Crippen molar-refractivity contribution in [2.75, 3.05) is 12.3 Å². The van der Waals surface area contributed by atoms with Crippen LogP contribution in [0.5, 0.6) is 0 Å². The van der Waals surface area contributed by atoms with E-state index in [2.05, 4.69) is 5.10 Å². The molecular weight excluding hydrogens is 277 g/mol. The zero-order valence-corrected chi connectivity index (χ0v) is 11.4. The highest BCUT2D eigenvalue weighted by atomic mass is 19.1. The first-order chi connectivity index (χ1) is 10.1. The average Bonchev–Trinajstić information content (AvgIpc) is 2.78. The molecule has 0 aliphatic rings. The number of benzene rings is 1. The molecule has 0 aliphatic heterocycles. The van der Waals surface area contributed by atoms with E-state index < -0.39 is 11.8 Å². The Morgan fingerprint density at radius 2 is 2.19 bits per heavy atom. The number of carbonyl (C=O) groups excluding carboxylic acids is 2. The second-order valence-electron chi connectivity index (χ2n) is 4.23. The third-order valence-corrected chi connectivity index (χ3v) is 2.89. The summed E-state index contributed by atoms with van der Waals surface area (Å²) in [5.41, 5.74) is 5.92. The standard InChI is InChI=1S/C14H14FN3O3/c1-2-21-14(20)12-10(8-19)13(16)18(17-12)7-9-5-3-4-6-11(9)15/h3-6,8H,2,7,16H2,1H3. The Morgan fingerprint density at radius 1 is 1.48 bits per heavy atom. The molecule has 0 bridgehead atoms. The third-order valence-electron chi connectivity index (χ3n) is 2.89. The second-order valence-corrected chi connectivity index (χ2v) is 4.23. The van der Waals surface area contributed by atoms with E-state index in [1.54, 1.807) is 25.1 Å². The second kappa shape index (κ2) is 6.17. The van der Waals surface area contributed by atoms with Gasteiger partial charge in [0.25, 0.3) is 0 Å². The number of hydrogen-bond donors (Lipinski definition) is 1. The van der Waals surface area contributed by atoms with Crippen LogP contribution in [-0.2, 0) is 11.3 Å². The van der Waals surface area contributed by atoms with E-state index in [1.807, 2.05) is 0 Å². The van der Waals surface area contributed by atoms with Crippen molar-refractivity contribution in [3.05, 3.63) is 46.9 Å². The summed E-state index contributed by atoms with van der Waals surface area (Å²) in [6.07, 6.45) is 0.437. The molecule has 0 radical (unpaired) electrons. The van der Waals surface area contributed by atoms with E-state index in [0.717, 1.165) is 0 Å². The fourth-order valence-corrected chi connectivity index (χ4v) is 1.86. The number of aromatic nitrogens is 2. The van der Waals surface area contributed by atoms with Gasteiger partial charge < -0.3 is 10.5 Å². The van der Waals surface area contributed by atoms with Gasteiger partial charge in [0, 0.05) is 5.56 Å². The molecule has 1 aromatic heterocycles. The lowest BCUT2D eigenvalue weighted by atomic mass is 10.2. The maximum atomic E-state index is 13.6. The lowest BCUT2D eigenvalue weighted by Crippen LogP contribution is -2.10. The Morgan fingerprint density at radius 3 is 2.81 bits per heavy atom. The molecule has 0 saturated heterocycles. The fourth-order valence-electron chi connectivity index (χ4n) is 1.86. The van der Waals surface area contributed by atoms with Crippen molar-refractivity contribution in [2.24, 2.45) is 0 Å². The molecule has 2 N–H and O–H groups in total. The predicted octanol–water partition coefficient (Wildman–Crippen LogP) is 1.64. The highest BCUT2D eigenvalue weighted by Crippen LogP contribution is 2.18. The van der Waals surface area contributed by atoms with Crippen molar-refractivity contribution >= 4 is 18.1 Å². The molecule has 1 aromatic carbocycles. The van der Waals surface area contributed by atoms with Gasteiger partial charge in [0.1, 0.15) is 11.6 Å². The fraction of sp³-hybridized carbons (Fsp3) is 0.214. The number of nitrogens with two attached hydrogens (primary N) is 1. The largest absolute Gasteiger partial charge is 0.461 e. The number of carbonyl (C=O) groups is 2. The first kappa shape index (κ1) is 14.7. The van der Waals surface area contributed by atoms with Gasteiger partial charge in [-0.05, 0) is 13.0 Å². The van der Waals surface area contributed by atoms with Crippen LogP contribution in [0.25, 0.3) is 0 Å². The molecule has 0 atom stereocenters. The summed E-state index contributed by atoms with van der Waals surface area (Å²) in [5, 5.41) is 3.95. The van der Waals surface area contributed by atoms with E-state index in [1.165, 1.54) is 10.7 Å². The van der Waals surface area contributed by atoms with Gasteiger partial charge in [-0.15, -0.1) is 0 Å². The molecule has 110 valence electrons. The Hall–Kier alpha value is -2.70. The first-order valence-electron chi connectivity index (χ1n) is 6.30. The van der Waals surface area contributed by atoms with Crippen molar-refractivity contribution in [1.29, 1.82) is 0 Å². The molecule has 6 nitrogen and oxygen atoms in total. The summed E-state index contributed by atoms with van der Waals surface area (Å²) in [6.45, 7) is 1.80. The van der Waals surface area contributed by atoms with Crippen molar-refractivity contribution in [3.8, 4) is 0 Å². The summed E-state index contributed by atoms with van der Waals surface area (Å²) in [7, 11) is 0. The first-order valence-corrected chi connectivity index (χ1v) is 6.30. The maximum absolute atomic E-state index is 13.6.